The Morgan fingerprint density at radius 3 is 2.26 bits per heavy atom. The number of likely N-dealkylation sites (tertiary alicyclic amines) is 2. The summed E-state index contributed by atoms with van der Waals surface area (Å²) in [6.07, 6.45) is 4.63. The van der Waals surface area contributed by atoms with E-state index in [1.165, 1.54) is 6.21 Å². The minimum absolute atomic E-state index is 0.0784. The van der Waals surface area contributed by atoms with Gasteiger partial charge in [0.05, 0.1) is 33.1 Å². The monoisotopic (exact) mass is 822 g/mol. The number of carbonyl (C=O) groups is 5. The summed E-state index contributed by atoms with van der Waals surface area (Å²) >= 11 is 6.09. The van der Waals surface area contributed by atoms with Crippen LogP contribution in [0.5, 0.6) is 0 Å². The second kappa shape index (κ2) is 15.3. The number of fused-ring (bicyclic) bond motifs is 1. The molecule has 0 aromatic heterocycles. The lowest BCUT2D eigenvalue weighted by Crippen LogP contribution is -2.60. The Labute approximate surface area is 338 Å². The molecule has 2 aromatic carbocycles. The predicted octanol–water partition coefficient (Wildman–Crippen LogP) is 5.02. The van der Waals surface area contributed by atoms with E-state index in [9.17, 15) is 37.1 Å². The van der Waals surface area contributed by atoms with Crippen LogP contribution in [0.3, 0.4) is 0 Å². The molecule has 17 heteroatoms. The number of nitrogens with zero attached hydrogens (tertiary/aromatic N) is 4. The van der Waals surface area contributed by atoms with Gasteiger partial charge in [0.25, 0.3) is 11.8 Å². The number of alkyl halides is 3. The van der Waals surface area contributed by atoms with Crippen LogP contribution in [0.1, 0.15) is 84.1 Å². The highest BCUT2D eigenvalue weighted by Gasteiger charge is 2.48. The van der Waals surface area contributed by atoms with Crippen molar-refractivity contribution in [1.29, 1.82) is 5.41 Å². The number of halogens is 4. The zero-order valence-corrected chi connectivity index (χ0v) is 32.7. The zero-order valence-electron chi connectivity index (χ0n) is 31.9. The van der Waals surface area contributed by atoms with E-state index in [-0.39, 0.29) is 40.4 Å². The Hall–Kier alpha value is -4.96. The molecule has 0 radical (unpaired) electrons. The molecule has 1 spiro atoms. The molecule has 1 unspecified atom stereocenters. The largest absolute Gasteiger partial charge is 0.416 e. The topological polar surface area (TPSA) is 158 Å². The average molecular weight is 823 g/mol. The Morgan fingerprint density at radius 1 is 0.931 bits per heavy atom. The van der Waals surface area contributed by atoms with Crippen molar-refractivity contribution in [3.8, 4) is 0 Å². The van der Waals surface area contributed by atoms with Crippen LogP contribution in [0.25, 0.3) is 0 Å². The van der Waals surface area contributed by atoms with E-state index < -0.39 is 46.9 Å². The minimum Gasteiger partial charge on any atom is -0.375 e. The van der Waals surface area contributed by atoms with E-state index in [0.29, 0.717) is 30.0 Å². The first-order valence-electron chi connectivity index (χ1n) is 19.9. The molecular weight excluding hydrogens is 777 g/mol. The van der Waals surface area contributed by atoms with Crippen LogP contribution < -0.4 is 20.9 Å². The first kappa shape index (κ1) is 39.8. The van der Waals surface area contributed by atoms with Crippen LogP contribution in [0.4, 0.5) is 24.5 Å². The molecule has 5 heterocycles. The third kappa shape index (κ3) is 7.56. The van der Waals surface area contributed by atoms with Crippen LogP contribution in [0, 0.1) is 16.7 Å². The molecule has 5 aliphatic heterocycles. The van der Waals surface area contributed by atoms with Gasteiger partial charge in [-0.1, -0.05) is 11.6 Å². The van der Waals surface area contributed by atoms with Crippen molar-refractivity contribution in [2.24, 2.45) is 11.3 Å². The fourth-order valence-electron chi connectivity index (χ4n) is 9.31. The number of hydrogen-bond acceptors (Lipinski definition) is 10. The number of anilines is 2. The summed E-state index contributed by atoms with van der Waals surface area (Å²) in [4.78, 5) is 71.8. The van der Waals surface area contributed by atoms with Gasteiger partial charge in [-0.05, 0) is 107 Å². The molecule has 2 aromatic rings. The minimum atomic E-state index is -4.54. The van der Waals surface area contributed by atoms with Gasteiger partial charge in [0.1, 0.15) is 11.6 Å². The Bertz CT molecular complexity index is 2070. The van der Waals surface area contributed by atoms with Crippen LogP contribution in [-0.2, 0) is 20.6 Å². The van der Waals surface area contributed by atoms with Gasteiger partial charge in [0.2, 0.25) is 17.7 Å². The van der Waals surface area contributed by atoms with Crippen molar-refractivity contribution >= 4 is 58.7 Å². The second-order valence-corrected chi connectivity index (χ2v) is 17.1. The Balaban J connectivity index is 0.787. The number of rotatable bonds is 10. The lowest BCUT2D eigenvalue weighted by Gasteiger charge is -2.55. The molecule has 1 atom stereocenters. The van der Waals surface area contributed by atoms with Crippen molar-refractivity contribution in [2.45, 2.75) is 75.5 Å². The van der Waals surface area contributed by atoms with Gasteiger partial charge in [-0.15, -0.1) is 0 Å². The van der Waals surface area contributed by atoms with Gasteiger partial charge in [-0.25, -0.2) is 0 Å². The highest BCUT2D eigenvalue weighted by atomic mass is 35.5. The quantitative estimate of drug-likeness (QED) is 0.191. The number of hydrogen-bond donors (Lipinski definition) is 4. The Kier molecular flexibility index (Phi) is 10.5. The molecule has 5 amide bonds. The molecule has 13 nitrogen and oxygen atoms in total. The molecule has 58 heavy (non-hydrogen) atoms. The maximum atomic E-state index is 13.3. The maximum Gasteiger partial charge on any atom is 0.416 e. The SMILES string of the molecule is N=C/C(=C\NC1(C(=O)Nc2ccc(C(F)(F)F)cc2Cl)CCC1)N1CCC(CN2CCC3(CC2)CN(c2ccc4c(c2)C(=O)N(C2CCC(=O)NC2=O)C4=O)C3)CC1. The smallest absolute Gasteiger partial charge is 0.375 e. The average Bonchev–Trinajstić information content (AvgIpc) is 3.41. The molecule has 5 fully saturated rings. The van der Waals surface area contributed by atoms with E-state index in [1.54, 1.807) is 18.3 Å². The predicted molar refractivity (Wildman–Crippen MR) is 209 cm³/mol. The highest BCUT2D eigenvalue weighted by molar-refractivity contribution is 6.34. The standard InChI is InChI=1S/C41H46ClF3N8O5/c42-31-18-26(41(43,44)45)2-5-32(31)48-38(58)40(10-1-11-40)47-21-28(20-46)51-14-8-25(9-15-51)22-50-16-12-39(13-17-50)23-52(24-39)27-3-4-29-30(19-27)37(57)53(36(29)56)33-6-7-34(54)49-35(33)55/h2-5,18-21,25,33,46-47H,1,6-17,22-24H2,(H,48,58)(H,49,54,55)/b28-21+,46-20?. The summed E-state index contributed by atoms with van der Waals surface area (Å²) in [5, 5.41) is 16.1. The lowest BCUT2D eigenvalue weighted by molar-refractivity contribution is -0.138. The number of nitrogens with one attached hydrogen (secondary N) is 4. The van der Waals surface area contributed by atoms with Crippen LogP contribution in [0.2, 0.25) is 5.02 Å². The van der Waals surface area contributed by atoms with Crippen LogP contribution >= 0.6 is 11.6 Å². The number of amides is 5. The molecule has 6 aliphatic rings. The van der Waals surface area contributed by atoms with Crippen molar-refractivity contribution in [3.05, 3.63) is 70.0 Å². The van der Waals surface area contributed by atoms with Crippen molar-refractivity contribution in [1.82, 2.24) is 25.3 Å². The number of carbonyl (C=O) groups excluding carboxylic acids is 5. The van der Waals surface area contributed by atoms with E-state index in [4.69, 9.17) is 17.0 Å². The fraction of sp³-hybridized carbons (Fsp3) is 0.512. The summed E-state index contributed by atoms with van der Waals surface area (Å²) in [6, 6.07) is 7.16. The molecule has 4 N–H and O–H groups in total. The van der Waals surface area contributed by atoms with Crippen molar-refractivity contribution < 1.29 is 37.1 Å². The summed E-state index contributed by atoms with van der Waals surface area (Å²) < 4.78 is 39.3. The summed E-state index contributed by atoms with van der Waals surface area (Å²) in [5.41, 5.74) is 0.613. The molecule has 1 saturated carbocycles. The van der Waals surface area contributed by atoms with Gasteiger partial charge in [0, 0.05) is 62.7 Å². The van der Waals surface area contributed by atoms with Gasteiger partial charge < -0.3 is 30.7 Å². The number of imide groups is 2. The fourth-order valence-corrected chi connectivity index (χ4v) is 9.53. The second-order valence-electron chi connectivity index (χ2n) is 16.7. The number of benzene rings is 2. The lowest BCUT2D eigenvalue weighted by atomic mass is 9.71. The first-order chi connectivity index (χ1) is 27.7. The Morgan fingerprint density at radius 2 is 1.64 bits per heavy atom. The summed E-state index contributed by atoms with van der Waals surface area (Å²) in [6.45, 7) is 6.32. The maximum absolute atomic E-state index is 13.3. The summed E-state index contributed by atoms with van der Waals surface area (Å²) in [5.74, 6) is -1.89. The third-order valence-electron chi connectivity index (χ3n) is 13.1. The first-order valence-corrected chi connectivity index (χ1v) is 20.3. The van der Waals surface area contributed by atoms with Crippen LogP contribution in [0.15, 0.2) is 48.3 Å². The zero-order chi connectivity index (χ0) is 41.0. The van der Waals surface area contributed by atoms with Crippen LogP contribution in [-0.4, -0.2) is 108 Å². The van der Waals surface area contributed by atoms with E-state index in [2.05, 4.69) is 30.7 Å². The summed E-state index contributed by atoms with van der Waals surface area (Å²) in [7, 11) is 0. The molecule has 308 valence electrons. The molecule has 1 aliphatic carbocycles. The molecule has 4 saturated heterocycles. The molecule has 0 bridgehead atoms. The van der Waals surface area contributed by atoms with E-state index in [0.717, 1.165) is 107 Å². The number of piperidine rings is 3. The van der Waals surface area contributed by atoms with Crippen molar-refractivity contribution in [3.63, 3.8) is 0 Å². The van der Waals surface area contributed by atoms with Crippen molar-refractivity contribution in [2.75, 3.05) is 56.0 Å². The molecule has 8 rings (SSSR count). The van der Waals surface area contributed by atoms with Gasteiger partial charge >= 0.3 is 6.18 Å². The normalized spacial score (nSPS) is 23.6. The third-order valence-corrected chi connectivity index (χ3v) is 13.4. The highest BCUT2D eigenvalue weighted by Crippen LogP contribution is 2.44. The van der Waals surface area contributed by atoms with Gasteiger partial charge in [-0.2, -0.15) is 13.2 Å². The van der Waals surface area contributed by atoms with Gasteiger partial charge in [0.15, 0.2) is 0 Å². The molecular formula is C41H46ClF3N8O5. The number of allylic oxidation sites excluding steroid dienone is 1. The van der Waals surface area contributed by atoms with E-state index >= 15 is 0 Å². The van der Waals surface area contributed by atoms with Gasteiger partial charge in [-0.3, -0.25) is 34.2 Å². The van der Waals surface area contributed by atoms with E-state index in [1.807, 2.05) is 6.07 Å².